The predicted octanol–water partition coefficient (Wildman–Crippen LogP) is 0.257. The van der Waals surface area contributed by atoms with Gasteiger partial charge in [-0.25, -0.2) is 0 Å². The Kier molecular flexibility index (Phi) is 1.46. The molecule has 0 aromatic rings. The van der Waals surface area contributed by atoms with Gasteiger partial charge in [-0.1, -0.05) is 6.08 Å². The molecule has 3 heteroatoms. The van der Waals surface area contributed by atoms with Crippen molar-refractivity contribution in [2.75, 3.05) is 6.54 Å². The molecule has 0 aliphatic carbocycles. The second-order valence-electron chi connectivity index (χ2n) is 3.02. The Morgan fingerprint density at radius 2 is 2.45 bits per heavy atom. The van der Waals surface area contributed by atoms with Gasteiger partial charge >= 0.3 is 0 Å². The number of hydrogen-bond donors (Lipinski definition) is 1. The number of amides is 1. The molecule has 11 heavy (non-hydrogen) atoms. The highest BCUT2D eigenvalue weighted by atomic mass is 16.3. The fourth-order valence-electron chi connectivity index (χ4n) is 1.70. The Hall–Kier alpha value is -0.830. The summed E-state index contributed by atoms with van der Waals surface area (Å²) >= 11 is 0. The maximum Gasteiger partial charge on any atom is 0.227 e. The second-order valence-corrected chi connectivity index (χ2v) is 3.02. The van der Waals surface area contributed by atoms with Crippen molar-refractivity contribution in [2.24, 2.45) is 0 Å². The van der Waals surface area contributed by atoms with Crippen LogP contribution >= 0.6 is 0 Å². The highest BCUT2D eigenvalue weighted by Crippen LogP contribution is 2.26. The zero-order chi connectivity index (χ0) is 7.84. The Labute approximate surface area is 65.3 Å². The smallest absolute Gasteiger partial charge is 0.227 e. The van der Waals surface area contributed by atoms with Gasteiger partial charge in [-0.15, -0.1) is 0 Å². The summed E-state index contributed by atoms with van der Waals surface area (Å²) < 4.78 is 0. The van der Waals surface area contributed by atoms with Crippen LogP contribution in [0.2, 0.25) is 0 Å². The molecule has 1 unspecified atom stereocenters. The molecule has 0 aromatic carbocycles. The molecule has 1 N–H and O–H groups in total. The molecule has 2 aliphatic heterocycles. The van der Waals surface area contributed by atoms with Crippen molar-refractivity contribution >= 4 is 5.91 Å². The third kappa shape index (κ3) is 0.959. The standard InChI is InChI=1S/C8H11NO2/c10-7-4-5-9-6(7)2-1-3-8(9)11/h2,7,10H,1,3-5H2. The first-order valence-corrected chi connectivity index (χ1v) is 3.97. The first kappa shape index (κ1) is 6.85. The van der Waals surface area contributed by atoms with Crippen LogP contribution in [-0.2, 0) is 4.79 Å². The van der Waals surface area contributed by atoms with E-state index in [2.05, 4.69) is 0 Å². The van der Waals surface area contributed by atoms with E-state index in [1.165, 1.54) is 0 Å². The lowest BCUT2D eigenvalue weighted by atomic mass is 10.1. The highest BCUT2D eigenvalue weighted by molar-refractivity contribution is 5.80. The van der Waals surface area contributed by atoms with Crippen molar-refractivity contribution in [3.05, 3.63) is 11.8 Å². The van der Waals surface area contributed by atoms with E-state index in [0.717, 1.165) is 12.1 Å². The van der Waals surface area contributed by atoms with Gasteiger partial charge in [0.2, 0.25) is 5.91 Å². The number of nitrogens with zero attached hydrogens (tertiary/aromatic N) is 1. The molecule has 0 bridgehead atoms. The SMILES string of the molecule is O=C1CCC=C2C(O)CCN12. The molecule has 2 aliphatic rings. The van der Waals surface area contributed by atoms with Gasteiger partial charge in [-0.2, -0.15) is 0 Å². The van der Waals surface area contributed by atoms with E-state index in [1.807, 2.05) is 6.08 Å². The number of aliphatic hydroxyl groups is 1. The third-order valence-electron chi connectivity index (χ3n) is 2.29. The number of hydrogen-bond acceptors (Lipinski definition) is 2. The lowest BCUT2D eigenvalue weighted by Gasteiger charge is -2.22. The molecule has 3 nitrogen and oxygen atoms in total. The van der Waals surface area contributed by atoms with Crippen LogP contribution in [0.1, 0.15) is 19.3 Å². The summed E-state index contributed by atoms with van der Waals surface area (Å²) in [4.78, 5) is 12.9. The molecule has 1 atom stereocenters. The van der Waals surface area contributed by atoms with E-state index in [0.29, 0.717) is 19.4 Å². The van der Waals surface area contributed by atoms with Crippen LogP contribution in [0, 0.1) is 0 Å². The Balaban J connectivity index is 2.28. The van der Waals surface area contributed by atoms with Crippen molar-refractivity contribution in [2.45, 2.75) is 25.4 Å². The van der Waals surface area contributed by atoms with Crippen molar-refractivity contribution in [1.82, 2.24) is 4.90 Å². The van der Waals surface area contributed by atoms with Crippen molar-refractivity contribution in [1.29, 1.82) is 0 Å². The minimum Gasteiger partial charge on any atom is -0.387 e. The molecule has 0 radical (unpaired) electrons. The van der Waals surface area contributed by atoms with E-state index >= 15 is 0 Å². The molecular formula is C8H11NO2. The average Bonchev–Trinajstić information content (AvgIpc) is 2.35. The molecule has 1 fully saturated rings. The Bertz CT molecular complexity index is 222. The summed E-state index contributed by atoms with van der Waals surface area (Å²) in [5.74, 6) is 0.166. The summed E-state index contributed by atoms with van der Waals surface area (Å²) in [6, 6.07) is 0. The zero-order valence-corrected chi connectivity index (χ0v) is 6.29. The topological polar surface area (TPSA) is 40.5 Å². The normalized spacial score (nSPS) is 30.3. The fraction of sp³-hybridized carbons (Fsp3) is 0.625. The number of aliphatic hydroxyl groups excluding tert-OH is 1. The number of allylic oxidation sites excluding steroid dienone is 1. The molecule has 0 saturated carbocycles. The number of fused-ring (bicyclic) bond motifs is 1. The summed E-state index contributed by atoms with van der Waals surface area (Å²) in [6.07, 6.45) is 3.69. The van der Waals surface area contributed by atoms with E-state index < -0.39 is 0 Å². The van der Waals surface area contributed by atoms with E-state index in [9.17, 15) is 9.90 Å². The van der Waals surface area contributed by atoms with Crippen LogP contribution in [0.25, 0.3) is 0 Å². The number of carbonyl (C=O) groups is 1. The van der Waals surface area contributed by atoms with Gasteiger partial charge in [0.15, 0.2) is 0 Å². The number of carbonyl (C=O) groups excluding carboxylic acids is 1. The second kappa shape index (κ2) is 2.34. The third-order valence-corrected chi connectivity index (χ3v) is 2.29. The van der Waals surface area contributed by atoms with Crippen LogP contribution in [0.3, 0.4) is 0 Å². The van der Waals surface area contributed by atoms with Gasteiger partial charge in [0.05, 0.1) is 6.10 Å². The number of rotatable bonds is 0. The van der Waals surface area contributed by atoms with Crippen LogP contribution in [0.15, 0.2) is 11.8 Å². The van der Waals surface area contributed by atoms with Crippen LogP contribution < -0.4 is 0 Å². The van der Waals surface area contributed by atoms with Crippen molar-refractivity contribution in [3.63, 3.8) is 0 Å². The minimum absolute atomic E-state index is 0.166. The van der Waals surface area contributed by atoms with Crippen LogP contribution in [-0.4, -0.2) is 28.6 Å². The zero-order valence-electron chi connectivity index (χ0n) is 6.29. The summed E-state index contributed by atoms with van der Waals surface area (Å²) in [5.41, 5.74) is 0.834. The molecule has 2 heterocycles. The lowest BCUT2D eigenvalue weighted by molar-refractivity contribution is -0.129. The Morgan fingerprint density at radius 1 is 1.64 bits per heavy atom. The molecule has 0 aromatic heterocycles. The first-order valence-electron chi connectivity index (χ1n) is 3.97. The van der Waals surface area contributed by atoms with Crippen LogP contribution in [0.5, 0.6) is 0 Å². The molecule has 0 spiro atoms. The summed E-state index contributed by atoms with van der Waals surface area (Å²) in [6.45, 7) is 0.700. The van der Waals surface area contributed by atoms with Gasteiger partial charge in [0.1, 0.15) is 0 Å². The quantitative estimate of drug-likeness (QED) is 0.542. The molecule has 1 amide bonds. The van der Waals surface area contributed by atoms with Gasteiger partial charge in [-0.3, -0.25) is 4.79 Å². The van der Waals surface area contributed by atoms with Gasteiger partial charge in [0, 0.05) is 18.7 Å². The summed E-state index contributed by atoms with van der Waals surface area (Å²) in [5, 5.41) is 9.38. The molecule has 60 valence electrons. The average molecular weight is 153 g/mol. The monoisotopic (exact) mass is 153 g/mol. The Morgan fingerprint density at radius 3 is 3.18 bits per heavy atom. The van der Waals surface area contributed by atoms with Crippen LogP contribution in [0.4, 0.5) is 0 Å². The fourth-order valence-corrected chi connectivity index (χ4v) is 1.70. The minimum atomic E-state index is -0.390. The van der Waals surface area contributed by atoms with Gasteiger partial charge in [0.25, 0.3) is 0 Å². The van der Waals surface area contributed by atoms with E-state index in [4.69, 9.17) is 0 Å². The molecule has 2 rings (SSSR count). The largest absolute Gasteiger partial charge is 0.387 e. The van der Waals surface area contributed by atoms with Gasteiger partial charge < -0.3 is 10.0 Å². The van der Waals surface area contributed by atoms with E-state index in [-0.39, 0.29) is 12.0 Å². The van der Waals surface area contributed by atoms with E-state index in [1.54, 1.807) is 4.90 Å². The lowest BCUT2D eigenvalue weighted by Crippen LogP contribution is -2.30. The highest BCUT2D eigenvalue weighted by Gasteiger charge is 2.31. The first-order chi connectivity index (χ1) is 5.29. The molecule has 1 saturated heterocycles. The maximum atomic E-state index is 11.2. The summed E-state index contributed by atoms with van der Waals surface area (Å²) in [7, 11) is 0. The molecular weight excluding hydrogens is 142 g/mol. The van der Waals surface area contributed by atoms with Crippen molar-refractivity contribution < 1.29 is 9.90 Å². The van der Waals surface area contributed by atoms with Gasteiger partial charge in [-0.05, 0) is 12.8 Å². The predicted molar refractivity (Wildman–Crippen MR) is 39.7 cm³/mol. The maximum absolute atomic E-state index is 11.2. The van der Waals surface area contributed by atoms with Crippen molar-refractivity contribution in [3.8, 4) is 0 Å².